The van der Waals surface area contributed by atoms with Crippen LogP contribution in [0.2, 0.25) is 0 Å². The molecule has 7 heteroatoms. The highest BCUT2D eigenvalue weighted by molar-refractivity contribution is 7.19. The van der Waals surface area contributed by atoms with Crippen LogP contribution in [0.5, 0.6) is 0 Å². The fraction of sp³-hybridized carbons (Fsp3) is 0.0667. The van der Waals surface area contributed by atoms with Gasteiger partial charge in [-0.15, -0.1) is 0 Å². The van der Waals surface area contributed by atoms with E-state index < -0.39 is 5.91 Å². The highest BCUT2D eigenvalue weighted by Gasteiger charge is 2.40. The quantitative estimate of drug-likeness (QED) is 0.673. The zero-order valence-electron chi connectivity index (χ0n) is 11.2. The normalized spacial score (nSPS) is 13.9. The van der Waals surface area contributed by atoms with E-state index in [1.54, 1.807) is 0 Å². The molecule has 6 nitrogen and oxygen atoms in total. The third kappa shape index (κ3) is 1.72. The summed E-state index contributed by atoms with van der Waals surface area (Å²) in [7, 11) is 0. The van der Waals surface area contributed by atoms with Gasteiger partial charge in [-0.1, -0.05) is 41.7 Å². The fourth-order valence-corrected chi connectivity index (χ4v) is 3.54. The van der Waals surface area contributed by atoms with Gasteiger partial charge in [-0.3, -0.25) is 19.3 Å². The number of carbonyl (C=O) groups excluding carboxylic acids is 2. The van der Waals surface area contributed by atoms with E-state index >= 15 is 0 Å². The van der Waals surface area contributed by atoms with Gasteiger partial charge in [-0.2, -0.15) is 0 Å². The van der Waals surface area contributed by atoms with Crippen molar-refractivity contribution in [1.29, 1.82) is 0 Å². The number of hydrogen-bond acceptors (Lipinski definition) is 5. The second-order valence-electron chi connectivity index (χ2n) is 4.86. The molecule has 0 aliphatic carbocycles. The molecule has 4 rings (SSSR count). The van der Waals surface area contributed by atoms with Crippen LogP contribution in [0.3, 0.4) is 0 Å². The molecule has 1 aliphatic rings. The van der Waals surface area contributed by atoms with Crippen LogP contribution < -0.4 is 5.56 Å². The fourth-order valence-electron chi connectivity index (χ4n) is 2.50. The highest BCUT2D eigenvalue weighted by atomic mass is 32.1. The number of rotatable bonds is 2. The zero-order valence-corrected chi connectivity index (χ0v) is 12.0. The van der Waals surface area contributed by atoms with E-state index in [4.69, 9.17) is 0 Å². The minimum absolute atomic E-state index is 0.124. The third-order valence-electron chi connectivity index (χ3n) is 3.52. The van der Waals surface area contributed by atoms with Crippen molar-refractivity contribution in [2.45, 2.75) is 6.54 Å². The molecule has 0 unspecified atom stereocenters. The van der Waals surface area contributed by atoms with E-state index in [0.29, 0.717) is 4.96 Å². The Hall–Kier alpha value is -2.80. The maximum absolute atomic E-state index is 12.6. The Labute approximate surface area is 128 Å². The van der Waals surface area contributed by atoms with Crippen LogP contribution >= 0.6 is 11.3 Å². The van der Waals surface area contributed by atoms with Crippen molar-refractivity contribution in [3.8, 4) is 0 Å². The van der Waals surface area contributed by atoms with Crippen molar-refractivity contribution in [3.05, 3.63) is 69.1 Å². The molecule has 0 atom stereocenters. The van der Waals surface area contributed by atoms with Gasteiger partial charge < -0.3 is 0 Å². The molecule has 0 fully saturated rings. The molecule has 0 N–H and O–H groups in total. The molecule has 0 radical (unpaired) electrons. The van der Waals surface area contributed by atoms with Crippen molar-refractivity contribution < 1.29 is 9.59 Å². The number of imide groups is 1. The Bertz CT molecular complexity index is 975. The van der Waals surface area contributed by atoms with E-state index in [1.807, 2.05) is 30.3 Å². The summed E-state index contributed by atoms with van der Waals surface area (Å²) < 4.78 is 1.21. The van der Waals surface area contributed by atoms with Gasteiger partial charge in [0.15, 0.2) is 4.96 Å². The van der Waals surface area contributed by atoms with Crippen LogP contribution in [0.1, 0.15) is 25.7 Å². The maximum atomic E-state index is 12.6. The van der Waals surface area contributed by atoms with Gasteiger partial charge in [-0.05, 0) is 5.56 Å². The van der Waals surface area contributed by atoms with Crippen LogP contribution in [0.25, 0.3) is 4.96 Å². The molecule has 22 heavy (non-hydrogen) atoms. The summed E-state index contributed by atoms with van der Waals surface area (Å²) in [4.78, 5) is 42.8. The van der Waals surface area contributed by atoms with Crippen molar-refractivity contribution in [1.82, 2.24) is 14.3 Å². The summed E-state index contributed by atoms with van der Waals surface area (Å²) in [5.41, 5.74) is 0.623. The van der Waals surface area contributed by atoms with E-state index in [2.05, 4.69) is 4.98 Å². The number of fused-ring (bicyclic) bond motifs is 3. The molecule has 2 amide bonds. The predicted octanol–water partition coefficient (Wildman–Crippen LogP) is 1.55. The topological polar surface area (TPSA) is 71.7 Å². The first-order chi connectivity index (χ1) is 10.7. The summed E-state index contributed by atoms with van der Waals surface area (Å²) in [5, 5.41) is 0. The monoisotopic (exact) mass is 311 g/mol. The number of carbonyl (C=O) groups is 2. The number of aromatic nitrogens is 2. The summed E-state index contributed by atoms with van der Waals surface area (Å²) in [6.07, 6.45) is 1.38. The van der Waals surface area contributed by atoms with Crippen molar-refractivity contribution in [2.75, 3.05) is 0 Å². The van der Waals surface area contributed by atoms with Crippen LogP contribution in [-0.2, 0) is 6.54 Å². The molecule has 3 aromatic rings. The molecule has 3 heterocycles. The van der Waals surface area contributed by atoms with Crippen LogP contribution in [0.15, 0.2) is 47.4 Å². The van der Waals surface area contributed by atoms with Gasteiger partial charge >= 0.3 is 0 Å². The molecule has 2 aromatic heterocycles. The molecule has 1 aliphatic heterocycles. The van der Waals surface area contributed by atoms with E-state index in [0.717, 1.165) is 21.8 Å². The molecule has 108 valence electrons. The van der Waals surface area contributed by atoms with Crippen molar-refractivity contribution in [3.63, 3.8) is 0 Å². The first-order valence-corrected chi connectivity index (χ1v) is 7.39. The largest absolute Gasteiger partial charge is 0.279 e. The lowest BCUT2D eigenvalue weighted by Crippen LogP contribution is -2.30. The lowest BCUT2D eigenvalue weighted by Gasteiger charge is -2.13. The number of hydrogen-bond donors (Lipinski definition) is 0. The predicted molar refractivity (Wildman–Crippen MR) is 80.0 cm³/mol. The molecule has 0 saturated heterocycles. The molecule has 0 spiro atoms. The lowest BCUT2D eigenvalue weighted by atomic mass is 10.2. The van der Waals surface area contributed by atoms with E-state index in [9.17, 15) is 14.4 Å². The minimum atomic E-state index is -0.454. The minimum Gasteiger partial charge on any atom is -0.269 e. The summed E-state index contributed by atoms with van der Waals surface area (Å²) in [6, 6.07) is 10.5. The van der Waals surface area contributed by atoms with E-state index in [-0.39, 0.29) is 28.6 Å². The average molecular weight is 311 g/mol. The van der Waals surface area contributed by atoms with Crippen LogP contribution in [-0.4, -0.2) is 26.1 Å². The number of amides is 2. The Balaban J connectivity index is 1.82. The van der Waals surface area contributed by atoms with Gasteiger partial charge in [0.1, 0.15) is 10.6 Å². The summed E-state index contributed by atoms with van der Waals surface area (Å²) in [5.74, 6) is -0.830. The van der Waals surface area contributed by atoms with Gasteiger partial charge in [0.25, 0.3) is 17.4 Å². The van der Waals surface area contributed by atoms with Crippen LogP contribution in [0.4, 0.5) is 0 Å². The molecule has 0 saturated carbocycles. The first kappa shape index (κ1) is 12.9. The number of thiazole rings is 1. The van der Waals surface area contributed by atoms with Gasteiger partial charge in [0.05, 0.1) is 6.54 Å². The zero-order chi connectivity index (χ0) is 15.3. The second kappa shape index (κ2) is 4.60. The molecule has 1 aromatic carbocycles. The molecular formula is C15H9N3O3S. The average Bonchev–Trinajstić information content (AvgIpc) is 3.02. The summed E-state index contributed by atoms with van der Waals surface area (Å²) in [6.45, 7) is 0.191. The maximum Gasteiger partial charge on any atom is 0.279 e. The van der Waals surface area contributed by atoms with Crippen LogP contribution in [0, 0.1) is 0 Å². The Kier molecular flexibility index (Phi) is 2.70. The van der Waals surface area contributed by atoms with E-state index in [1.165, 1.54) is 16.7 Å². The smallest absolute Gasteiger partial charge is 0.269 e. The highest BCUT2D eigenvalue weighted by Crippen LogP contribution is 2.30. The molecular weight excluding hydrogens is 302 g/mol. The Morgan fingerprint density at radius 1 is 1.00 bits per heavy atom. The Morgan fingerprint density at radius 2 is 1.77 bits per heavy atom. The molecule has 0 bridgehead atoms. The number of nitrogens with zero attached hydrogens (tertiary/aromatic N) is 3. The van der Waals surface area contributed by atoms with Gasteiger partial charge in [0.2, 0.25) is 0 Å². The van der Waals surface area contributed by atoms with Crippen molar-refractivity contribution >= 4 is 28.1 Å². The first-order valence-electron chi connectivity index (χ1n) is 6.57. The third-order valence-corrected chi connectivity index (χ3v) is 4.56. The second-order valence-corrected chi connectivity index (χ2v) is 5.84. The lowest BCUT2D eigenvalue weighted by molar-refractivity contribution is 0.0641. The van der Waals surface area contributed by atoms with Crippen molar-refractivity contribution in [2.24, 2.45) is 0 Å². The van der Waals surface area contributed by atoms with Gasteiger partial charge in [0, 0.05) is 12.3 Å². The standard InChI is InChI=1S/C15H9N3O3S/c19-10-6-7-16-15-18(10)11-12(22-15)14(21)17(13(11)20)8-9-4-2-1-3-5-9/h1-7H,8H2. The SMILES string of the molecule is O=C1c2sc3nccc(=O)n3c2C(=O)N1Cc1ccccc1. The van der Waals surface area contributed by atoms with Gasteiger partial charge in [-0.25, -0.2) is 9.38 Å². The Morgan fingerprint density at radius 3 is 2.55 bits per heavy atom. The summed E-state index contributed by atoms with van der Waals surface area (Å²) >= 11 is 1.07. The number of benzene rings is 1.